The largest absolute Gasteiger partial charge is 0.449 e. The molecule has 0 saturated carbocycles. The Morgan fingerprint density at radius 3 is 2.71 bits per heavy atom. The SMILES string of the molecule is C[C@H](OC(=O)c1cc2cc(Cl)ccc2o1)C(=O)Nc1ccc(F)c([N+](=O)[O-])c1. The first kappa shape index (κ1) is 19.3. The topological polar surface area (TPSA) is 112 Å². The molecule has 28 heavy (non-hydrogen) atoms. The van der Waals surface area contributed by atoms with E-state index in [1.807, 2.05) is 0 Å². The van der Waals surface area contributed by atoms with Gasteiger partial charge in [-0.25, -0.2) is 4.79 Å². The van der Waals surface area contributed by atoms with E-state index in [-0.39, 0.29) is 11.4 Å². The summed E-state index contributed by atoms with van der Waals surface area (Å²) in [4.78, 5) is 34.2. The highest BCUT2D eigenvalue weighted by Gasteiger charge is 2.23. The number of ether oxygens (including phenoxy) is 1. The Bertz CT molecular complexity index is 1100. The number of benzene rings is 2. The molecule has 1 N–H and O–H groups in total. The van der Waals surface area contributed by atoms with Gasteiger partial charge >= 0.3 is 11.7 Å². The molecule has 144 valence electrons. The van der Waals surface area contributed by atoms with Crippen molar-refractivity contribution in [2.75, 3.05) is 5.32 Å². The summed E-state index contributed by atoms with van der Waals surface area (Å²) in [7, 11) is 0. The Hall–Kier alpha value is -3.46. The van der Waals surface area contributed by atoms with Crippen molar-refractivity contribution in [3.05, 3.63) is 69.2 Å². The van der Waals surface area contributed by atoms with E-state index < -0.39 is 34.4 Å². The summed E-state index contributed by atoms with van der Waals surface area (Å²) in [5.74, 6) is -2.78. The summed E-state index contributed by atoms with van der Waals surface area (Å²) < 4.78 is 23.7. The van der Waals surface area contributed by atoms with Crippen LogP contribution in [0.2, 0.25) is 5.02 Å². The Labute approximate surface area is 162 Å². The zero-order valence-corrected chi connectivity index (χ0v) is 15.0. The number of nitro groups is 1. The maximum absolute atomic E-state index is 13.3. The van der Waals surface area contributed by atoms with E-state index in [0.717, 1.165) is 18.2 Å². The number of anilines is 1. The summed E-state index contributed by atoms with van der Waals surface area (Å²) >= 11 is 5.87. The molecule has 1 amide bonds. The number of carbonyl (C=O) groups is 2. The zero-order chi connectivity index (χ0) is 20.4. The van der Waals surface area contributed by atoms with Crippen molar-refractivity contribution >= 4 is 45.8 Å². The number of furan rings is 1. The van der Waals surface area contributed by atoms with Crippen molar-refractivity contribution in [3.63, 3.8) is 0 Å². The van der Waals surface area contributed by atoms with E-state index in [1.54, 1.807) is 18.2 Å². The molecule has 0 unspecified atom stereocenters. The van der Waals surface area contributed by atoms with E-state index in [1.165, 1.54) is 13.0 Å². The highest BCUT2D eigenvalue weighted by atomic mass is 35.5. The number of nitro benzene ring substituents is 1. The fraction of sp³-hybridized carbons (Fsp3) is 0.111. The summed E-state index contributed by atoms with van der Waals surface area (Å²) in [5, 5.41) is 14.1. The molecule has 0 spiro atoms. The monoisotopic (exact) mass is 406 g/mol. The summed E-state index contributed by atoms with van der Waals surface area (Å²) in [6.45, 7) is 1.31. The van der Waals surface area contributed by atoms with Gasteiger partial charge in [0.25, 0.3) is 5.91 Å². The molecular formula is C18H12ClFN2O6. The first-order valence-electron chi connectivity index (χ1n) is 7.89. The normalized spacial score (nSPS) is 11.8. The van der Waals surface area contributed by atoms with Gasteiger partial charge in [-0.1, -0.05) is 11.6 Å². The minimum absolute atomic E-state index is 0.0145. The maximum Gasteiger partial charge on any atom is 0.375 e. The van der Waals surface area contributed by atoms with Gasteiger partial charge in [0.2, 0.25) is 11.6 Å². The van der Waals surface area contributed by atoms with Crippen molar-refractivity contribution in [3.8, 4) is 0 Å². The predicted molar refractivity (Wildman–Crippen MR) is 97.8 cm³/mol. The minimum atomic E-state index is -1.24. The number of hydrogen-bond donors (Lipinski definition) is 1. The molecule has 1 atom stereocenters. The molecular weight excluding hydrogens is 395 g/mol. The van der Waals surface area contributed by atoms with Crippen LogP contribution >= 0.6 is 11.6 Å². The number of hydrogen-bond acceptors (Lipinski definition) is 6. The van der Waals surface area contributed by atoms with Crippen LogP contribution in [0.5, 0.6) is 0 Å². The molecule has 0 radical (unpaired) electrons. The lowest BCUT2D eigenvalue weighted by molar-refractivity contribution is -0.387. The second kappa shape index (κ2) is 7.65. The number of fused-ring (bicyclic) bond motifs is 1. The van der Waals surface area contributed by atoms with Crippen LogP contribution in [0, 0.1) is 15.9 Å². The second-order valence-corrected chi connectivity index (χ2v) is 6.19. The van der Waals surface area contributed by atoms with E-state index in [4.69, 9.17) is 20.8 Å². The Kier molecular flexibility index (Phi) is 5.27. The highest BCUT2D eigenvalue weighted by molar-refractivity contribution is 6.31. The first-order valence-corrected chi connectivity index (χ1v) is 8.27. The molecule has 10 heteroatoms. The van der Waals surface area contributed by atoms with Crippen LogP contribution < -0.4 is 5.32 Å². The third kappa shape index (κ3) is 4.09. The third-order valence-electron chi connectivity index (χ3n) is 3.74. The summed E-state index contributed by atoms with van der Waals surface area (Å²) in [6.07, 6.45) is -1.24. The lowest BCUT2D eigenvalue weighted by Gasteiger charge is -2.12. The molecule has 0 bridgehead atoms. The smallest absolute Gasteiger partial charge is 0.375 e. The zero-order valence-electron chi connectivity index (χ0n) is 14.3. The second-order valence-electron chi connectivity index (χ2n) is 5.75. The lowest BCUT2D eigenvalue weighted by atomic mass is 10.2. The van der Waals surface area contributed by atoms with Crippen molar-refractivity contribution in [2.24, 2.45) is 0 Å². The molecule has 3 rings (SSSR count). The van der Waals surface area contributed by atoms with Gasteiger partial charge in [0, 0.05) is 22.2 Å². The first-order chi connectivity index (χ1) is 13.2. The number of amides is 1. The van der Waals surface area contributed by atoms with E-state index in [2.05, 4.69) is 5.32 Å². The molecule has 3 aromatic rings. The van der Waals surface area contributed by atoms with Gasteiger partial charge in [0.1, 0.15) is 5.58 Å². The molecule has 0 aliphatic heterocycles. The van der Waals surface area contributed by atoms with Crippen LogP contribution in [0.1, 0.15) is 17.5 Å². The van der Waals surface area contributed by atoms with E-state index in [9.17, 15) is 24.1 Å². The van der Waals surface area contributed by atoms with Crippen LogP contribution in [0.25, 0.3) is 11.0 Å². The Balaban J connectivity index is 1.68. The van der Waals surface area contributed by atoms with Crippen molar-refractivity contribution in [2.45, 2.75) is 13.0 Å². The van der Waals surface area contributed by atoms with Gasteiger partial charge in [-0.05, 0) is 43.3 Å². The van der Waals surface area contributed by atoms with Gasteiger partial charge in [0.05, 0.1) is 4.92 Å². The van der Waals surface area contributed by atoms with E-state index in [0.29, 0.717) is 16.0 Å². The maximum atomic E-state index is 13.3. The standard InChI is InChI=1S/C18H12ClFN2O6/c1-9(17(23)21-12-3-4-13(20)14(8-12)22(25)26)27-18(24)16-7-10-6-11(19)2-5-15(10)28-16/h2-9H,1H3,(H,21,23)/t9-/m0/s1. The fourth-order valence-corrected chi connectivity index (χ4v) is 2.54. The molecule has 1 aromatic heterocycles. The number of esters is 1. The van der Waals surface area contributed by atoms with Crippen molar-refractivity contribution in [1.29, 1.82) is 0 Å². The lowest BCUT2D eigenvalue weighted by Crippen LogP contribution is -2.29. The minimum Gasteiger partial charge on any atom is -0.449 e. The molecule has 2 aromatic carbocycles. The Morgan fingerprint density at radius 2 is 2.00 bits per heavy atom. The number of carbonyl (C=O) groups excluding carboxylic acids is 2. The average Bonchev–Trinajstić information content (AvgIpc) is 3.06. The van der Waals surface area contributed by atoms with Gasteiger partial charge in [0.15, 0.2) is 6.10 Å². The van der Waals surface area contributed by atoms with Crippen LogP contribution in [0.3, 0.4) is 0 Å². The van der Waals surface area contributed by atoms with E-state index >= 15 is 0 Å². The van der Waals surface area contributed by atoms with Crippen LogP contribution in [-0.4, -0.2) is 22.9 Å². The van der Waals surface area contributed by atoms with Crippen LogP contribution in [0.15, 0.2) is 46.9 Å². The highest BCUT2D eigenvalue weighted by Crippen LogP contribution is 2.24. The van der Waals surface area contributed by atoms with Gasteiger partial charge < -0.3 is 14.5 Å². The number of rotatable bonds is 5. The summed E-state index contributed by atoms with van der Waals surface area (Å²) in [6, 6.07) is 9.09. The van der Waals surface area contributed by atoms with Gasteiger partial charge in [-0.2, -0.15) is 4.39 Å². The molecule has 8 nitrogen and oxygen atoms in total. The molecule has 0 fully saturated rings. The number of nitrogens with zero attached hydrogens (tertiary/aromatic N) is 1. The average molecular weight is 407 g/mol. The third-order valence-corrected chi connectivity index (χ3v) is 3.98. The number of nitrogens with one attached hydrogen (secondary N) is 1. The Morgan fingerprint density at radius 1 is 1.25 bits per heavy atom. The number of halogens is 2. The van der Waals surface area contributed by atoms with Crippen LogP contribution in [0.4, 0.5) is 15.8 Å². The van der Waals surface area contributed by atoms with Crippen molar-refractivity contribution in [1.82, 2.24) is 0 Å². The molecule has 1 heterocycles. The molecule has 0 saturated heterocycles. The fourth-order valence-electron chi connectivity index (χ4n) is 2.36. The molecule has 0 aliphatic rings. The quantitative estimate of drug-likeness (QED) is 0.383. The summed E-state index contributed by atoms with van der Waals surface area (Å²) in [5.41, 5.74) is -0.380. The van der Waals surface area contributed by atoms with Crippen LogP contribution in [-0.2, 0) is 9.53 Å². The molecule has 0 aliphatic carbocycles. The van der Waals surface area contributed by atoms with Crippen molar-refractivity contribution < 1.29 is 28.1 Å². The van der Waals surface area contributed by atoms with Gasteiger partial charge in [-0.3, -0.25) is 14.9 Å². The van der Waals surface area contributed by atoms with Gasteiger partial charge in [-0.15, -0.1) is 0 Å². The predicted octanol–water partition coefficient (Wildman–Crippen LogP) is 4.32.